The minimum absolute atomic E-state index is 0.113. The second-order valence-corrected chi connectivity index (χ2v) is 10.5. The van der Waals surface area contributed by atoms with Gasteiger partial charge in [0.1, 0.15) is 5.75 Å². The Morgan fingerprint density at radius 3 is 2.24 bits per heavy atom. The third-order valence-corrected chi connectivity index (χ3v) is 7.85. The highest BCUT2D eigenvalue weighted by molar-refractivity contribution is 5.87. The molecule has 0 aliphatic heterocycles. The molecule has 2 aromatic heterocycles. The Kier molecular flexibility index (Phi) is 7.14. The quantitative estimate of drug-likeness (QED) is 0.178. The van der Waals surface area contributed by atoms with Gasteiger partial charge in [0.25, 0.3) is 0 Å². The molecule has 1 aliphatic carbocycles. The van der Waals surface area contributed by atoms with Gasteiger partial charge in [-0.25, -0.2) is 0 Å². The van der Waals surface area contributed by atoms with Gasteiger partial charge in [-0.1, -0.05) is 71.9 Å². The second kappa shape index (κ2) is 11.0. The highest BCUT2D eigenvalue weighted by atomic mass is 16.5. The summed E-state index contributed by atoms with van der Waals surface area (Å²) in [7, 11) is 1.67. The molecule has 3 aromatic carbocycles. The lowest BCUT2D eigenvalue weighted by Crippen LogP contribution is -2.23. The second-order valence-electron chi connectivity index (χ2n) is 10.5. The molecule has 6 rings (SSSR count). The number of ether oxygens (including phenoxy) is 2. The first-order chi connectivity index (χ1) is 20.0. The molecule has 0 bridgehead atoms. The molecule has 0 saturated heterocycles. The molecule has 0 unspecified atom stereocenters. The van der Waals surface area contributed by atoms with Gasteiger partial charge in [0.2, 0.25) is 0 Å². The minimum atomic E-state index is -0.457. The number of methoxy groups -OCH3 is 1. The molecule has 1 saturated carbocycles. The third kappa shape index (κ3) is 5.25. The van der Waals surface area contributed by atoms with Crippen LogP contribution < -0.4 is 4.74 Å². The van der Waals surface area contributed by atoms with Gasteiger partial charge in [-0.3, -0.25) is 9.78 Å². The summed E-state index contributed by atoms with van der Waals surface area (Å²) in [6, 6.07) is 30.5. The number of carbonyl (C=O) groups is 1. The topological polar surface area (TPSA) is 74.5 Å². The average molecular weight is 545 g/mol. The molecule has 6 nitrogen and oxygen atoms in total. The Hall–Kier alpha value is -4.71. The van der Waals surface area contributed by atoms with Crippen LogP contribution in [0.4, 0.5) is 0 Å². The fraction of sp³-hybridized carbons (Fsp3) is 0.229. The van der Waals surface area contributed by atoms with Crippen molar-refractivity contribution in [3.8, 4) is 39.5 Å². The van der Waals surface area contributed by atoms with Crippen LogP contribution in [0.3, 0.4) is 0 Å². The summed E-state index contributed by atoms with van der Waals surface area (Å²) in [6.45, 7) is 4.22. The average Bonchev–Trinajstić information content (AvgIpc) is 3.76. The molecule has 6 heteroatoms. The molecular weight excluding hydrogens is 512 g/mol. The van der Waals surface area contributed by atoms with Crippen LogP contribution in [0.2, 0.25) is 0 Å². The molecule has 0 amide bonds. The van der Waals surface area contributed by atoms with E-state index in [0.717, 1.165) is 74.8 Å². The van der Waals surface area contributed by atoms with Gasteiger partial charge in [-0.2, -0.15) is 0 Å². The van der Waals surface area contributed by atoms with Gasteiger partial charge >= 0.3 is 5.97 Å². The number of pyridine rings is 1. The fourth-order valence-electron chi connectivity index (χ4n) is 5.33. The molecule has 0 atom stereocenters. The van der Waals surface area contributed by atoms with E-state index in [4.69, 9.17) is 19.0 Å². The summed E-state index contributed by atoms with van der Waals surface area (Å²) in [6.07, 6.45) is 2.30. The maximum Gasteiger partial charge on any atom is 0.316 e. The van der Waals surface area contributed by atoms with Crippen LogP contribution in [-0.4, -0.2) is 29.8 Å². The Morgan fingerprint density at radius 1 is 0.878 bits per heavy atom. The van der Waals surface area contributed by atoms with E-state index in [1.54, 1.807) is 7.11 Å². The van der Waals surface area contributed by atoms with Crippen molar-refractivity contribution >= 4 is 5.97 Å². The summed E-state index contributed by atoms with van der Waals surface area (Å²) in [5.74, 6) is 1.44. The van der Waals surface area contributed by atoms with E-state index in [1.807, 2.05) is 56.3 Å². The van der Waals surface area contributed by atoms with Crippen molar-refractivity contribution in [2.75, 3.05) is 13.7 Å². The Morgan fingerprint density at radius 2 is 1.56 bits per heavy atom. The van der Waals surface area contributed by atoms with E-state index < -0.39 is 5.41 Å². The van der Waals surface area contributed by atoms with Crippen LogP contribution in [-0.2, 0) is 21.4 Å². The van der Waals surface area contributed by atoms with Crippen molar-refractivity contribution in [2.24, 2.45) is 0 Å². The molecule has 0 spiro atoms. The Bertz CT molecular complexity index is 1680. The Balaban J connectivity index is 1.21. The molecule has 1 aliphatic rings. The summed E-state index contributed by atoms with van der Waals surface area (Å²) < 4.78 is 16.5. The van der Waals surface area contributed by atoms with Gasteiger partial charge in [0, 0.05) is 28.8 Å². The number of carbonyl (C=O) groups excluding carboxylic acids is 1. The van der Waals surface area contributed by atoms with Crippen LogP contribution >= 0.6 is 0 Å². The molecule has 41 heavy (non-hydrogen) atoms. The molecule has 5 aromatic rings. The Labute approximate surface area is 240 Å². The van der Waals surface area contributed by atoms with Gasteiger partial charge in [0.15, 0.2) is 5.76 Å². The standard InChI is InChI=1S/C35H32N2O4/c1-4-40-34(38)35(19-20-35)28-17-15-25(16-18-28)24-11-13-26(14-12-24)33-31(23(2)37-41-33)22-29-8-6-10-32(36-29)27-7-5-9-30(21-27)39-3/h5-18,21H,4,19-20,22H2,1-3H3. The van der Waals surface area contributed by atoms with Crippen LogP contribution in [0.1, 0.15) is 42.3 Å². The minimum Gasteiger partial charge on any atom is -0.497 e. The number of rotatable bonds is 9. The SMILES string of the molecule is CCOC(=O)C1(c2ccc(-c3ccc(-c4onc(C)c4Cc4cccc(-c5cccc(OC)c5)n4)cc3)cc2)CC1. The summed E-state index contributed by atoms with van der Waals surface area (Å²) >= 11 is 0. The van der Waals surface area contributed by atoms with Crippen molar-refractivity contribution < 1.29 is 18.8 Å². The van der Waals surface area contributed by atoms with Gasteiger partial charge in [0.05, 0.1) is 30.5 Å². The highest BCUT2D eigenvalue weighted by Gasteiger charge is 2.52. The maximum atomic E-state index is 12.5. The first-order valence-electron chi connectivity index (χ1n) is 13.9. The predicted octanol–water partition coefficient (Wildman–Crippen LogP) is 7.57. The van der Waals surface area contributed by atoms with E-state index in [9.17, 15) is 4.79 Å². The van der Waals surface area contributed by atoms with Crippen molar-refractivity contribution in [3.05, 3.63) is 114 Å². The zero-order valence-corrected chi connectivity index (χ0v) is 23.5. The normalized spacial score (nSPS) is 13.5. The van der Waals surface area contributed by atoms with Crippen LogP contribution in [0.15, 0.2) is 95.5 Å². The van der Waals surface area contributed by atoms with Crippen molar-refractivity contribution in [2.45, 2.75) is 38.5 Å². The molecule has 2 heterocycles. The van der Waals surface area contributed by atoms with Gasteiger partial charge in [-0.15, -0.1) is 0 Å². The zero-order valence-electron chi connectivity index (χ0n) is 23.5. The van der Waals surface area contributed by atoms with Gasteiger partial charge in [-0.05, 0) is 67.6 Å². The summed E-state index contributed by atoms with van der Waals surface area (Å²) in [5, 5.41) is 4.28. The number of aromatic nitrogens is 2. The lowest BCUT2D eigenvalue weighted by Gasteiger charge is -2.14. The van der Waals surface area contributed by atoms with Crippen molar-refractivity contribution in [3.63, 3.8) is 0 Å². The maximum absolute atomic E-state index is 12.5. The highest BCUT2D eigenvalue weighted by Crippen LogP contribution is 2.49. The molecule has 206 valence electrons. The van der Waals surface area contributed by atoms with Crippen molar-refractivity contribution in [1.82, 2.24) is 10.1 Å². The smallest absolute Gasteiger partial charge is 0.316 e. The third-order valence-electron chi connectivity index (χ3n) is 7.85. The number of benzene rings is 3. The van der Waals surface area contributed by atoms with Gasteiger partial charge < -0.3 is 14.0 Å². The number of esters is 1. The number of hydrogen-bond donors (Lipinski definition) is 0. The number of aryl methyl sites for hydroxylation is 1. The fourth-order valence-corrected chi connectivity index (χ4v) is 5.33. The van der Waals surface area contributed by atoms with Crippen LogP contribution in [0, 0.1) is 6.92 Å². The van der Waals surface area contributed by atoms with E-state index in [-0.39, 0.29) is 5.97 Å². The van der Waals surface area contributed by atoms with E-state index in [1.165, 1.54) is 0 Å². The summed E-state index contributed by atoms with van der Waals surface area (Å²) in [5.41, 5.74) is 8.42. The monoisotopic (exact) mass is 544 g/mol. The zero-order chi connectivity index (χ0) is 28.4. The molecular formula is C35H32N2O4. The van der Waals surface area contributed by atoms with Crippen LogP contribution in [0.5, 0.6) is 5.75 Å². The van der Waals surface area contributed by atoms with Crippen LogP contribution in [0.25, 0.3) is 33.7 Å². The largest absolute Gasteiger partial charge is 0.497 e. The van der Waals surface area contributed by atoms with E-state index in [2.05, 4.69) is 53.7 Å². The summed E-state index contributed by atoms with van der Waals surface area (Å²) in [4.78, 5) is 17.4. The number of hydrogen-bond acceptors (Lipinski definition) is 6. The predicted molar refractivity (Wildman–Crippen MR) is 159 cm³/mol. The van der Waals surface area contributed by atoms with E-state index >= 15 is 0 Å². The van der Waals surface area contributed by atoms with Crippen molar-refractivity contribution in [1.29, 1.82) is 0 Å². The first kappa shape index (κ1) is 26.5. The lowest BCUT2D eigenvalue weighted by molar-refractivity contribution is -0.146. The van der Waals surface area contributed by atoms with E-state index in [0.29, 0.717) is 13.0 Å². The lowest BCUT2D eigenvalue weighted by atomic mass is 9.93. The molecule has 0 radical (unpaired) electrons. The first-order valence-corrected chi connectivity index (χ1v) is 13.9. The number of nitrogens with zero attached hydrogens (tertiary/aromatic N) is 2. The molecule has 0 N–H and O–H groups in total. The molecule has 1 fully saturated rings.